The van der Waals surface area contributed by atoms with Crippen LogP contribution < -0.4 is 4.68 Å². The normalized spacial score (nSPS) is 10.5. The van der Waals surface area contributed by atoms with Crippen molar-refractivity contribution < 1.29 is 22.2 Å². The smallest absolute Gasteiger partial charge is 0.215 e. The van der Waals surface area contributed by atoms with Crippen molar-refractivity contribution in [2.45, 2.75) is 6.92 Å². The van der Waals surface area contributed by atoms with Crippen LogP contribution in [0.15, 0.2) is 12.4 Å². The lowest BCUT2D eigenvalue weighted by Gasteiger charge is -1.88. The molecule has 0 aliphatic rings. The van der Waals surface area contributed by atoms with Crippen molar-refractivity contribution in [3.8, 4) is 0 Å². The molecule has 0 fully saturated rings. The van der Waals surface area contributed by atoms with Crippen molar-refractivity contribution in [3.05, 3.63) is 18.0 Å². The van der Waals surface area contributed by atoms with Crippen LogP contribution in [0.25, 0.3) is 0 Å². The number of hydrogen-bond donors (Lipinski definition) is 1. The first-order valence-electron chi connectivity index (χ1n) is 3.37. The fourth-order valence-corrected chi connectivity index (χ4v) is 0.805. The quantitative estimate of drug-likeness (QED) is 0.342. The highest BCUT2D eigenvalue weighted by molar-refractivity contribution is 7.79. The Bertz CT molecular complexity index is 340. The number of rotatable bonds is 0. The van der Waals surface area contributed by atoms with Gasteiger partial charge in [0.15, 0.2) is 13.2 Å². The van der Waals surface area contributed by atoms with Gasteiger partial charge in [-0.15, -0.1) is 4.68 Å². The minimum absolute atomic E-state index is 1.30. The Balaban J connectivity index is 0.000000252. The van der Waals surface area contributed by atoms with E-state index in [4.69, 9.17) is 17.5 Å². The average Bonchev–Trinajstić information content (AvgIpc) is 2.05. The molecule has 1 aromatic heterocycles. The number of aryl methyl sites for hydroxylation is 3. The van der Waals surface area contributed by atoms with Gasteiger partial charge in [0.05, 0.1) is 13.2 Å². The van der Waals surface area contributed by atoms with Crippen molar-refractivity contribution in [1.82, 2.24) is 4.68 Å². The molecule has 1 N–H and O–H groups in total. The van der Waals surface area contributed by atoms with Gasteiger partial charge in [-0.3, -0.25) is 4.55 Å². The summed E-state index contributed by atoms with van der Waals surface area (Å²) < 4.78 is 36.9. The van der Waals surface area contributed by atoms with Gasteiger partial charge in [0, 0.05) is 5.56 Å². The third-order valence-electron chi connectivity index (χ3n) is 1.28. The maximum Gasteiger partial charge on any atom is 0.215 e. The molecule has 0 saturated heterocycles. The molecule has 0 saturated carbocycles. The standard InChI is InChI=1S/C6H11N2.H2O4S/c1-6-4-7(2)8(3)5-6;1-5(2,3)4/h4-5H,1-3H3;(H2,1,2,3,4)/q+1;/p-1. The Hall–Kier alpha value is -0.920. The molecule has 0 aliphatic carbocycles. The molecule has 1 heterocycles. The van der Waals surface area contributed by atoms with E-state index >= 15 is 0 Å². The summed E-state index contributed by atoms with van der Waals surface area (Å²) in [6.07, 6.45) is 4.17. The first-order chi connectivity index (χ1) is 5.70. The minimum Gasteiger partial charge on any atom is -0.726 e. The van der Waals surface area contributed by atoms with Crippen LogP contribution in [0, 0.1) is 6.92 Å². The summed E-state index contributed by atoms with van der Waals surface area (Å²) in [6.45, 7) is 2.08. The number of aromatic nitrogens is 2. The lowest BCUT2D eigenvalue weighted by atomic mass is 10.4. The van der Waals surface area contributed by atoms with E-state index < -0.39 is 10.4 Å². The Morgan fingerprint density at radius 3 is 2.08 bits per heavy atom. The summed E-state index contributed by atoms with van der Waals surface area (Å²) in [6, 6.07) is 0. The molecule has 6 nitrogen and oxygen atoms in total. The highest BCUT2D eigenvalue weighted by Crippen LogP contribution is 1.86. The van der Waals surface area contributed by atoms with Crippen LogP contribution in [-0.4, -0.2) is 22.2 Å². The van der Waals surface area contributed by atoms with Crippen LogP contribution in [0.5, 0.6) is 0 Å². The Morgan fingerprint density at radius 2 is 2.00 bits per heavy atom. The van der Waals surface area contributed by atoms with Gasteiger partial charge >= 0.3 is 0 Å². The van der Waals surface area contributed by atoms with E-state index in [2.05, 4.69) is 19.3 Å². The van der Waals surface area contributed by atoms with Crippen molar-refractivity contribution in [2.24, 2.45) is 14.1 Å². The predicted molar refractivity (Wildman–Crippen MR) is 43.7 cm³/mol. The Morgan fingerprint density at radius 1 is 1.62 bits per heavy atom. The molecule has 0 bridgehead atoms. The molecule has 0 aromatic carbocycles. The molecule has 0 amide bonds. The molecule has 1 rings (SSSR count). The predicted octanol–water partition coefficient (Wildman–Crippen LogP) is -0.837. The molecule has 1 aromatic rings. The van der Waals surface area contributed by atoms with Gasteiger partial charge in [0.25, 0.3) is 0 Å². The fraction of sp³-hybridized carbons (Fsp3) is 0.500. The van der Waals surface area contributed by atoms with Gasteiger partial charge in [0.2, 0.25) is 10.4 Å². The third-order valence-corrected chi connectivity index (χ3v) is 1.28. The van der Waals surface area contributed by atoms with Crippen LogP contribution in [0.3, 0.4) is 0 Å². The summed E-state index contributed by atoms with van der Waals surface area (Å²) in [4.78, 5) is 0. The molecule has 0 radical (unpaired) electrons. The Labute approximate surface area is 77.0 Å². The zero-order valence-electron chi connectivity index (χ0n) is 7.63. The van der Waals surface area contributed by atoms with Gasteiger partial charge in [-0.1, -0.05) is 0 Å². The van der Waals surface area contributed by atoms with Gasteiger partial charge in [-0.05, 0) is 6.92 Å². The van der Waals surface area contributed by atoms with E-state index in [1.165, 1.54) is 5.56 Å². The topological polar surface area (TPSA) is 86.2 Å². The molecule has 76 valence electrons. The average molecular weight is 208 g/mol. The van der Waals surface area contributed by atoms with E-state index in [0.29, 0.717) is 0 Å². The zero-order chi connectivity index (χ0) is 10.6. The number of hydrogen-bond acceptors (Lipinski definition) is 3. The summed E-state index contributed by atoms with van der Waals surface area (Å²) in [7, 11) is -0.875. The summed E-state index contributed by atoms with van der Waals surface area (Å²) in [5.74, 6) is 0. The van der Waals surface area contributed by atoms with Crippen molar-refractivity contribution in [2.75, 3.05) is 0 Å². The SMILES string of the molecule is Cc1cn(C)[n+](C)c1.O=S(=O)([O-])O. The molecular formula is C6H12N2O4S. The molecule has 0 aliphatic heterocycles. The van der Waals surface area contributed by atoms with E-state index in [1.807, 2.05) is 23.5 Å². The molecule has 0 atom stereocenters. The van der Waals surface area contributed by atoms with Crippen LogP contribution in [0.4, 0.5) is 0 Å². The van der Waals surface area contributed by atoms with Crippen molar-refractivity contribution >= 4 is 10.4 Å². The zero-order valence-corrected chi connectivity index (χ0v) is 8.45. The summed E-state index contributed by atoms with van der Waals surface area (Å²) >= 11 is 0. The molecule has 13 heavy (non-hydrogen) atoms. The van der Waals surface area contributed by atoms with E-state index in [-0.39, 0.29) is 0 Å². The second-order valence-corrected chi connectivity index (χ2v) is 3.43. The second kappa shape index (κ2) is 4.35. The highest BCUT2D eigenvalue weighted by Gasteiger charge is 1.97. The summed E-state index contributed by atoms with van der Waals surface area (Å²) in [5.41, 5.74) is 1.30. The molecule has 7 heteroatoms. The van der Waals surface area contributed by atoms with Crippen LogP contribution in [-0.2, 0) is 24.5 Å². The molecule has 0 unspecified atom stereocenters. The van der Waals surface area contributed by atoms with E-state index in [9.17, 15) is 0 Å². The van der Waals surface area contributed by atoms with Crippen LogP contribution in [0.1, 0.15) is 5.56 Å². The van der Waals surface area contributed by atoms with Gasteiger partial charge in [0.1, 0.15) is 0 Å². The van der Waals surface area contributed by atoms with Crippen LogP contribution in [0.2, 0.25) is 0 Å². The lowest BCUT2D eigenvalue weighted by molar-refractivity contribution is -0.751. The third kappa shape index (κ3) is 7.44. The van der Waals surface area contributed by atoms with Crippen LogP contribution >= 0.6 is 0 Å². The van der Waals surface area contributed by atoms with Crippen molar-refractivity contribution in [3.63, 3.8) is 0 Å². The molecule has 0 spiro atoms. The van der Waals surface area contributed by atoms with E-state index in [0.717, 1.165) is 0 Å². The van der Waals surface area contributed by atoms with Crippen molar-refractivity contribution in [1.29, 1.82) is 0 Å². The highest BCUT2D eigenvalue weighted by atomic mass is 32.3. The monoisotopic (exact) mass is 208 g/mol. The lowest BCUT2D eigenvalue weighted by Crippen LogP contribution is -2.35. The maximum absolute atomic E-state index is 8.63. The number of nitrogens with zero attached hydrogens (tertiary/aromatic N) is 2. The minimum atomic E-state index is -4.92. The van der Waals surface area contributed by atoms with Gasteiger partial charge < -0.3 is 4.55 Å². The fourth-order valence-electron chi connectivity index (χ4n) is 0.805. The maximum atomic E-state index is 8.63. The van der Waals surface area contributed by atoms with Gasteiger partial charge in [-0.25, -0.2) is 8.42 Å². The second-order valence-electron chi connectivity index (χ2n) is 2.58. The largest absolute Gasteiger partial charge is 0.726 e. The molecular weight excluding hydrogens is 196 g/mol. The first kappa shape index (κ1) is 12.1. The van der Waals surface area contributed by atoms with Gasteiger partial charge in [-0.2, -0.15) is 4.68 Å². The first-order valence-corrected chi connectivity index (χ1v) is 4.74. The Kier molecular flexibility index (Phi) is 4.05. The summed E-state index contributed by atoms with van der Waals surface area (Å²) in [5, 5.41) is 0. The van der Waals surface area contributed by atoms with E-state index in [1.54, 1.807) is 0 Å².